The summed E-state index contributed by atoms with van der Waals surface area (Å²) in [4.78, 5) is 4.38. The van der Waals surface area contributed by atoms with Crippen LogP contribution in [0.25, 0.3) is 5.65 Å². The van der Waals surface area contributed by atoms with Crippen molar-refractivity contribution < 1.29 is 0 Å². The van der Waals surface area contributed by atoms with Gasteiger partial charge in [0.25, 0.3) is 0 Å². The Labute approximate surface area is 103 Å². The van der Waals surface area contributed by atoms with Crippen molar-refractivity contribution in [1.82, 2.24) is 14.6 Å². The van der Waals surface area contributed by atoms with E-state index in [0.29, 0.717) is 5.95 Å². The molecule has 0 aliphatic carbocycles. The maximum atomic E-state index is 4.38. The Hall–Kier alpha value is -1.10. The van der Waals surface area contributed by atoms with Crippen LogP contribution in [0.4, 0.5) is 5.95 Å². The molecule has 0 aromatic carbocycles. The van der Waals surface area contributed by atoms with Crippen LogP contribution >= 0.6 is 15.9 Å². The van der Waals surface area contributed by atoms with Crippen LogP contribution in [0.15, 0.2) is 22.8 Å². The molecule has 0 unspecified atom stereocenters. The van der Waals surface area contributed by atoms with Gasteiger partial charge < -0.3 is 5.32 Å². The van der Waals surface area contributed by atoms with Crippen LogP contribution in [0.3, 0.4) is 0 Å². The zero-order chi connectivity index (χ0) is 11.8. The number of halogens is 1. The van der Waals surface area contributed by atoms with Crippen molar-refractivity contribution in [2.45, 2.75) is 20.8 Å². The molecule has 2 aromatic rings. The molecule has 16 heavy (non-hydrogen) atoms. The largest absolute Gasteiger partial charge is 0.352 e. The number of nitrogens with one attached hydrogen (secondary N) is 1. The SMILES string of the molecule is CC(C)(C)CNc1nc2ccc(Br)cn2n1. The summed E-state index contributed by atoms with van der Waals surface area (Å²) in [5.74, 6) is 0.674. The van der Waals surface area contributed by atoms with E-state index in [1.807, 2.05) is 18.3 Å². The fourth-order valence-electron chi connectivity index (χ4n) is 1.28. The Morgan fingerprint density at radius 3 is 2.81 bits per heavy atom. The van der Waals surface area contributed by atoms with Gasteiger partial charge in [0, 0.05) is 17.2 Å². The lowest BCUT2D eigenvalue weighted by atomic mass is 9.97. The maximum Gasteiger partial charge on any atom is 0.243 e. The quantitative estimate of drug-likeness (QED) is 0.921. The molecule has 0 saturated heterocycles. The molecule has 4 nitrogen and oxygen atoms in total. The van der Waals surface area contributed by atoms with Crippen LogP contribution in [0.5, 0.6) is 0 Å². The van der Waals surface area contributed by atoms with Crippen molar-refractivity contribution in [3.8, 4) is 0 Å². The third-order valence-electron chi connectivity index (χ3n) is 2.07. The van der Waals surface area contributed by atoms with Gasteiger partial charge in [-0.3, -0.25) is 0 Å². The van der Waals surface area contributed by atoms with E-state index in [2.05, 4.69) is 52.1 Å². The van der Waals surface area contributed by atoms with Gasteiger partial charge in [-0.2, -0.15) is 4.98 Å². The molecular weight excluding hydrogens is 268 g/mol. The minimum atomic E-state index is 0.220. The molecular formula is C11H15BrN4. The van der Waals surface area contributed by atoms with Gasteiger partial charge in [-0.15, -0.1) is 5.10 Å². The maximum absolute atomic E-state index is 4.38. The summed E-state index contributed by atoms with van der Waals surface area (Å²) in [6, 6.07) is 3.89. The summed E-state index contributed by atoms with van der Waals surface area (Å²) in [6.45, 7) is 7.37. The van der Waals surface area contributed by atoms with E-state index in [-0.39, 0.29) is 5.41 Å². The van der Waals surface area contributed by atoms with E-state index in [4.69, 9.17) is 0 Å². The number of hydrogen-bond donors (Lipinski definition) is 1. The van der Waals surface area contributed by atoms with Crippen molar-refractivity contribution in [2.75, 3.05) is 11.9 Å². The van der Waals surface area contributed by atoms with Crippen molar-refractivity contribution >= 4 is 27.5 Å². The first kappa shape index (κ1) is 11.4. The number of anilines is 1. The molecule has 5 heteroatoms. The Bertz CT molecular complexity index is 498. The number of nitrogens with zero attached hydrogens (tertiary/aromatic N) is 3. The van der Waals surface area contributed by atoms with Crippen LogP contribution in [0, 0.1) is 5.41 Å². The molecule has 1 N–H and O–H groups in total. The van der Waals surface area contributed by atoms with Crippen molar-refractivity contribution in [3.05, 3.63) is 22.8 Å². The Morgan fingerprint density at radius 1 is 1.38 bits per heavy atom. The summed E-state index contributed by atoms with van der Waals surface area (Å²) in [5, 5.41) is 7.58. The zero-order valence-electron chi connectivity index (χ0n) is 9.66. The fourth-order valence-corrected chi connectivity index (χ4v) is 1.60. The number of aromatic nitrogens is 3. The van der Waals surface area contributed by atoms with Crippen LogP contribution in [0.2, 0.25) is 0 Å². The first-order valence-corrected chi connectivity index (χ1v) is 5.99. The lowest BCUT2D eigenvalue weighted by molar-refractivity contribution is 0.442. The first-order valence-electron chi connectivity index (χ1n) is 5.20. The fraction of sp³-hybridized carbons (Fsp3) is 0.455. The third-order valence-corrected chi connectivity index (χ3v) is 2.54. The monoisotopic (exact) mass is 282 g/mol. The zero-order valence-corrected chi connectivity index (χ0v) is 11.2. The summed E-state index contributed by atoms with van der Waals surface area (Å²) < 4.78 is 2.75. The van der Waals surface area contributed by atoms with Gasteiger partial charge in [0.1, 0.15) is 0 Å². The summed E-state index contributed by atoms with van der Waals surface area (Å²) in [7, 11) is 0. The number of hydrogen-bond acceptors (Lipinski definition) is 3. The lowest BCUT2D eigenvalue weighted by Crippen LogP contribution is -2.19. The van der Waals surface area contributed by atoms with E-state index < -0.39 is 0 Å². The van der Waals surface area contributed by atoms with Gasteiger partial charge in [-0.25, -0.2) is 4.52 Å². The molecule has 0 atom stereocenters. The average Bonchev–Trinajstić information content (AvgIpc) is 2.55. The average molecular weight is 283 g/mol. The highest BCUT2D eigenvalue weighted by atomic mass is 79.9. The van der Waals surface area contributed by atoms with Gasteiger partial charge in [0.2, 0.25) is 5.95 Å². The predicted octanol–water partition coefficient (Wildman–Crippen LogP) is 2.95. The predicted molar refractivity (Wildman–Crippen MR) is 68.6 cm³/mol. The van der Waals surface area contributed by atoms with Gasteiger partial charge >= 0.3 is 0 Å². The topological polar surface area (TPSA) is 42.2 Å². The Kier molecular flexibility index (Phi) is 2.88. The molecule has 0 aliphatic rings. The number of fused-ring (bicyclic) bond motifs is 1. The van der Waals surface area contributed by atoms with Crippen molar-refractivity contribution in [1.29, 1.82) is 0 Å². The summed E-state index contributed by atoms with van der Waals surface area (Å²) in [5.41, 5.74) is 1.07. The molecule has 0 fully saturated rings. The van der Waals surface area contributed by atoms with Gasteiger partial charge in [-0.05, 0) is 33.5 Å². The summed E-state index contributed by atoms with van der Waals surface area (Å²) in [6.07, 6.45) is 1.89. The van der Waals surface area contributed by atoms with Crippen LogP contribution in [0.1, 0.15) is 20.8 Å². The Morgan fingerprint density at radius 2 is 2.12 bits per heavy atom. The van der Waals surface area contributed by atoms with E-state index in [0.717, 1.165) is 16.7 Å². The first-order chi connectivity index (χ1) is 7.44. The molecule has 0 spiro atoms. The van der Waals surface area contributed by atoms with Crippen molar-refractivity contribution in [3.63, 3.8) is 0 Å². The van der Waals surface area contributed by atoms with E-state index >= 15 is 0 Å². The second-order valence-electron chi connectivity index (χ2n) is 5.00. The third kappa shape index (κ3) is 2.72. The van der Waals surface area contributed by atoms with Gasteiger partial charge in [0.05, 0.1) is 0 Å². The molecule has 86 valence electrons. The smallest absolute Gasteiger partial charge is 0.243 e. The molecule has 0 radical (unpaired) electrons. The molecule has 0 amide bonds. The number of rotatable bonds is 2. The van der Waals surface area contributed by atoms with Gasteiger partial charge in [-0.1, -0.05) is 20.8 Å². The normalized spacial score (nSPS) is 12.0. The molecule has 0 aliphatic heterocycles. The molecule has 2 heterocycles. The standard InChI is InChI=1S/C11H15BrN4/c1-11(2,3)7-13-10-14-9-5-4-8(12)6-16(9)15-10/h4-6H,7H2,1-3H3,(H,13,15). The van der Waals surface area contributed by atoms with Crippen LogP contribution < -0.4 is 5.32 Å². The van der Waals surface area contributed by atoms with E-state index in [1.165, 1.54) is 0 Å². The van der Waals surface area contributed by atoms with E-state index in [1.54, 1.807) is 4.52 Å². The Balaban J connectivity index is 2.20. The van der Waals surface area contributed by atoms with Crippen molar-refractivity contribution in [2.24, 2.45) is 5.41 Å². The molecule has 0 saturated carbocycles. The minimum Gasteiger partial charge on any atom is -0.352 e. The van der Waals surface area contributed by atoms with E-state index in [9.17, 15) is 0 Å². The van der Waals surface area contributed by atoms with Gasteiger partial charge in [0.15, 0.2) is 5.65 Å². The lowest BCUT2D eigenvalue weighted by Gasteiger charge is -2.17. The molecule has 2 aromatic heterocycles. The second-order valence-corrected chi connectivity index (χ2v) is 5.92. The van der Waals surface area contributed by atoms with Crippen LogP contribution in [-0.2, 0) is 0 Å². The highest BCUT2D eigenvalue weighted by Gasteiger charge is 2.11. The second kappa shape index (κ2) is 4.05. The highest BCUT2D eigenvalue weighted by Crippen LogP contribution is 2.15. The summed E-state index contributed by atoms with van der Waals surface area (Å²) >= 11 is 3.40. The number of pyridine rings is 1. The minimum absolute atomic E-state index is 0.220. The molecule has 2 rings (SSSR count). The van der Waals surface area contributed by atoms with Crippen LogP contribution in [-0.4, -0.2) is 21.1 Å². The molecule has 0 bridgehead atoms. The highest BCUT2D eigenvalue weighted by molar-refractivity contribution is 9.10.